The maximum absolute atomic E-state index is 12.2. The largest absolute Gasteiger partial charge is 0.281 e. The number of rotatable bonds is 5. The molecule has 0 saturated heterocycles. The van der Waals surface area contributed by atoms with E-state index in [1.807, 2.05) is 30.3 Å². The Morgan fingerprint density at radius 3 is 2.52 bits per heavy atom. The number of benzene rings is 1. The normalized spacial score (nSPS) is 10.6. The molecule has 2 rings (SSSR count). The van der Waals surface area contributed by atoms with Gasteiger partial charge in [-0.25, -0.2) is 4.98 Å². The molecule has 0 aliphatic carbocycles. The number of nitrogens with one attached hydrogen (secondary N) is 2. The molecular weight excluding hydrogens is 310 g/mol. The van der Waals surface area contributed by atoms with E-state index < -0.39 is 0 Å². The first-order valence-corrected chi connectivity index (χ1v) is 8.41. The smallest absolute Gasteiger partial charge is 0.273 e. The zero-order valence-electron chi connectivity index (χ0n) is 13.6. The average Bonchev–Trinajstić information content (AvgIpc) is 2.93. The highest BCUT2D eigenvalue weighted by Crippen LogP contribution is 2.27. The first-order chi connectivity index (χ1) is 11.0. The van der Waals surface area contributed by atoms with Crippen LogP contribution in [0.5, 0.6) is 0 Å². The van der Waals surface area contributed by atoms with E-state index in [0.29, 0.717) is 22.9 Å². The number of aromatic nitrogens is 1. The first-order valence-electron chi connectivity index (χ1n) is 7.59. The van der Waals surface area contributed by atoms with Gasteiger partial charge < -0.3 is 0 Å². The van der Waals surface area contributed by atoms with E-state index in [2.05, 4.69) is 29.7 Å². The molecule has 0 radical (unpaired) electrons. The lowest BCUT2D eigenvalue weighted by molar-refractivity contribution is -0.122. The fraction of sp³-hybridized carbons (Fsp3) is 0.353. The van der Waals surface area contributed by atoms with Gasteiger partial charge in [-0.2, -0.15) is 0 Å². The Bertz CT molecular complexity index is 680. The zero-order valence-corrected chi connectivity index (χ0v) is 14.4. The van der Waals surface area contributed by atoms with E-state index in [1.54, 1.807) is 6.92 Å². The van der Waals surface area contributed by atoms with Gasteiger partial charge in [-0.1, -0.05) is 44.2 Å². The molecule has 0 bridgehead atoms. The van der Waals surface area contributed by atoms with Gasteiger partial charge in [0.2, 0.25) is 5.91 Å². The van der Waals surface area contributed by atoms with Crippen LogP contribution in [0.4, 0.5) is 0 Å². The molecular formula is C17H21N3O2S. The van der Waals surface area contributed by atoms with Crippen LogP contribution in [0.15, 0.2) is 30.3 Å². The van der Waals surface area contributed by atoms with E-state index in [0.717, 1.165) is 17.0 Å². The molecule has 122 valence electrons. The topological polar surface area (TPSA) is 71.1 Å². The van der Waals surface area contributed by atoms with Crippen molar-refractivity contribution in [1.82, 2.24) is 15.8 Å². The standard InChI is InChI=1S/C17H21N3O2S/c1-11(2)9-10-14(21)19-20-16(22)15-12(3)18-17(23-15)13-7-5-4-6-8-13/h4-8,11H,9-10H2,1-3H3,(H,19,21)(H,20,22). The Hall–Kier alpha value is -2.21. The number of carbonyl (C=O) groups excluding carboxylic acids is 2. The molecule has 0 saturated carbocycles. The minimum Gasteiger partial charge on any atom is -0.273 e. The highest BCUT2D eigenvalue weighted by Gasteiger charge is 2.16. The van der Waals surface area contributed by atoms with Crippen LogP contribution < -0.4 is 10.9 Å². The number of amides is 2. The monoisotopic (exact) mass is 331 g/mol. The molecule has 6 heteroatoms. The second-order valence-electron chi connectivity index (χ2n) is 5.73. The Morgan fingerprint density at radius 2 is 1.87 bits per heavy atom. The van der Waals surface area contributed by atoms with Crippen molar-refractivity contribution in [3.8, 4) is 10.6 Å². The summed E-state index contributed by atoms with van der Waals surface area (Å²) >= 11 is 1.32. The summed E-state index contributed by atoms with van der Waals surface area (Å²) in [6.45, 7) is 5.90. The summed E-state index contributed by atoms with van der Waals surface area (Å²) in [7, 11) is 0. The van der Waals surface area contributed by atoms with Crippen LogP contribution in [0.3, 0.4) is 0 Å². The average molecular weight is 331 g/mol. The number of thiazole rings is 1. The summed E-state index contributed by atoms with van der Waals surface area (Å²) in [6, 6.07) is 9.70. The van der Waals surface area contributed by atoms with Crippen molar-refractivity contribution in [3.63, 3.8) is 0 Å². The molecule has 5 nitrogen and oxygen atoms in total. The molecule has 2 aromatic rings. The summed E-state index contributed by atoms with van der Waals surface area (Å²) in [5.41, 5.74) is 6.54. The summed E-state index contributed by atoms with van der Waals surface area (Å²) in [5, 5.41) is 0.791. The third-order valence-corrected chi connectivity index (χ3v) is 4.49. The first kappa shape index (κ1) is 17.1. The Balaban J connectivity index is 1.98. The number of hydrogen-bond acceptors (Lipinski definition) is 4. The number of carbonyl (C=O) groups is 2. The molecule has 2 amide bonds. The second-order valence-corrected chi connectivity index (χ2v) is 6.73. The van der Waals surface area contributed by atoms with Crippen LogP contribution in [0, 0.1) is 12.8 Å². The van der Waals surface area contributed by atoms with Gasteiger partial charge in [0, 0.05) is 12.0 Å². The molecule has 0 aliphatic heterocycles. The summed E-state index contributed by atoms with van der Waals surface area (Å²) in [4.78, 5) is 28.8. The Morgan fingerprint density at radius 1 is 1.17 bits per heavy atom. The summed E-state index contributed by atoms with van der Waals surface area (Å²) in [5.74, 6) is -0.0637. The number of nitrogens with zero attached hydrogens (tertiary/aromatic N) is 1. The minimum absolute atomic E-state index is 0.183. The molecule has 23 heavy (non-hydrogen) atoms. The van der Waals surface area contributed by atoms with Crippen molar-refractivity contribution >= 4 is 23.2 Å². The van der Waals surface area contributed by atoms with E-state index in [9.17, 15) is 9.59 Å². The predicted octanol–water partition coefficient (Wildman–Crippen LogP) is 3.32. The van der Waals surface area contributed by atoms with Crippen LogP contribution >= 0.6 is 11.3 Å². The highest BCUT2D eigenvalue weighted by molar-refractivity contribution is 7.17. The minimum atomic E-state index is -0.333. The molecule has 0 unspecified atom stereocenters. The predicted molar refractivity (Wildman–Crippen MR) is 92.0 cm³/mol. The van der Waals surface area contributed by atoms with E-state index >= 15 is 0 Å². The molecule has 2 N–H and O–H groups in total. The van der Waals surface area contributed by atoms with Gasteiger partial charge in [0.15, 0.2) is 0 Å². The van der Waals surface area contributed by atoms with Crippen molar-refractivity contribution < 1.29 is 9.59 Å². The molecule has 0 aliphatic rings. The van der Waals surface area contributed by atoms with Gasteiger partial charge in [-0.05, 0) is 19.3 Å². The third-order valence-electron chi connectivity index (χ3n) is 3.29. The van der Waals surface area contributed by atoms with Crippen LogP contribution in [0.25, 0.3) is 10.6 Å². The van der Waals surface area contributed by atoms with Gasteiger partial charge in [-0.3, -0.25) is 20.4 Å². The van der Waals surface area contributed by atoms with E-state index in [4.69, 9.17) is 0 Å². The van der Waals surface area contributed by atoms with Crippen molar-refractivity contribution in [2.45, 2.75) is 33.6 Å². The lowest BCUT2D eigenvalue weighted by atomic mass is 10.1. The van der Waals surface area contributed by atoms with Crippen molar-refractivity contribution in [3.05, 3.63) is 40.9 Å². The number of hydrogen-bond donors (Lipinski definition) is 2. The van der Waals surface area contributed by atoms with Crippen molar-refractivity contribution in [2.75, 3.05) is 0 Å². The van der Waals surface area contributed by atoms with Crippen molar-refractivity contribution in [2.24, 2.45) is 5.92 Å². The fourth-order valence-electron chi connectivity index (χ4n) is 1.98. The van der Waals surface area contributed by atoms with Crippen molar-refractivity contribution in [1.29, 1.82) is 0 Å². The molecule has 1 heterocycles. The van der Waals surface area contributed by atoms with Gasteiger partial charge in [0.25, 0.3) is 5.91 Å². The quantitative estimate of drug-likeness (QED) is 0.826. The highest BCUT2D eigenvalue weighted by atomic mass is 32.1. The number of hydrazine groups is 1. The van der Waals surface area contributed by atoms with E-state index in [-0.39, 0.29) is 11.8 Å². The molecule has 1 aromatic carbocycles. The van der Waals surface area contributed by atoms with Crippen LogP contribution in [0.2, 0.25) is 0 Å². The second kappa shape index (κ2) is 7.87. The maximum Gasteiger partial charge on any atom is 0.281 e. The number of aryl methyl sites for hydroxylation is 1. The molecule has 0 atom stereocenters. The zero-order chi connectivity index (χ0) is 16.8. The molecule has 0 fully saturated rings. The van der Waals surface area contributed by atoms with Gasteiger partial charge >= 0.3 is 0 Å². The fourth-order valence-corrected chi connectivity index (χ4v) is 2.94. The van der Waals surface area contributed by atoms with Gasteiger partial charge in [-0.15, -0.1) is 11.3 Å². The Labute approximate surface area is 140 Å². The summed E-state index contributed by atoms with van der Waals surface area (Å²) < 4.78 is 0. The molecule has 0 spiro atoms. The lowest BCUT2D eigenvalue weighted by Gasteiger charge is -2.07. The van der Waals surface area contributed by atoms with Gasteiger partial charge in [0.1, 0.15) is 9.88 Å². The summed E-state index contributed by atoms with van der Waals surface area (Å²) in [6.07, 6.45) is 1.19. The maximum atomic E-state index is 12.2. The third kappa shape index (κ3) is 4.89. The van der Waals surface area contributed by atoms with Crippen LogP contribution in [-0.4, -0.2) is 16.8 Å². The SMILES string of the molecule is Cc1nc(-c2ccccc2)sc1C(=O)NNC(=O)CCC(C)C. The van der Waals surface area contributed by atoms with Crippen LogP contribution in [0.1, 0.15) is 42.1 Å². The van der Waals surface area contributed by atoms with E-state index in [1.165, 1.54) is 11.3 Å². The van der Waals surface area contributed by atoms with Gasteiger partial charge in [0.05, 0.1) is 5.69 Å². The van der Waals surface area contributed by atoms with Crippen LogP contribution in [-0.2, 0) is 4.79 Å². The lowest BCUT2D eigenvalue weighted by Crippen LogP contribution is -2.41. The molecule has 1 aromatic heterocycles. The Kier molecular flexibility index (Phi) is 5.87.